The molecule has 1 aromatic carbocycles. The number of halogens is 2. The molecule has 5 nitrogen and oxygen atoms in total. The van der Waals surface area contributed by atoms with E-state index < -0.39 is 23.1 Å². The maximum absolute atomic E-state index is 13.2. The van der Waals surface area contributed by atoms with Crippen molar-refractivity contribution in [2.24, 2.45) is 0 Å². The Balaban J connectivity index is 1.96. The van der Waals surface area contributed by atoms with Gasteiger partial charge in [-0.25, -0.2) is 18.4 Å². The number of nitrogens with one attached hydrogen (secondary N) is 1. The second-order valence-electron chi connectivity index (χ2n) is 4.80. The monoisotopic (exact) mass is 335 g/mol. The molecule has 2 aromatic heterocycles. The zero-order valence-electron chi connectivity index (χ0n) is 12.0. The number of rotatable bonds is 3. The predicted molar refractivity (Wildman–Crippen MR) is 83.3 cm³/mol. The van der Waals surface area contributed by atoms with Crippen LogP contribution < -0.4 is 11.0 Å². The van der Waals surface area contributed by atoms with Crippen molar-refractivity contribution >= 4 is 27.5 Å². The summed E-state index contributed by atoms with van der Waals surface area (Å²) in [5.74, 6) is -2.56. The van der Waals surface area contributed by atoms with E-state index in [0.29, 0.717) is 16.3 Å². The summed E-state index contributed by atoms with van der Waals surface area (Å²) in [6.07, 6.45) is 1.95. The first-order valence-corrected chi connectivity index (χ1v) is 7.57. The summed E-state index contributed by atoms with van der Waals surface area (Å²) in [5, 5.41) is 0.389. The van der Waals surface area contributed by atoms with Gasteiger partial charge in [0.1, 0.15) is 22.8 Å². The molecular formula is C15H11F2N3O2S. The summed E-state index contributed by atoms with van der Waals surface area (Å²) in [6.45, 7) is 1.96. The van der Waals surface area contributed by atoms with Gasteiger partial charge in [0, 0.05) is 16.5 Å². The number of carbonyl (C=O) groups is 1. The van der Waals surface area contributed by atoms with E-state index in [4.69, 9.17) is 0 Å². The van der Waals surface area contributed by atoms with E-state index in [0.717, 1.165) is 28.1 Å². The molecule has 118 valence electrons. The van der Waals surface area contributed by atoms with Crippen molar-refractivity contribution in [2.75, 3.05) is 5.43 Å². The molecule has 0 unspecified atom stereocenters. The highest BCUT2D eigenvalue weighted by molar-refractivity contribution is 7.18. The van der Waals surface area contributed by atoms with Crippen LogP contribution in [0.5, 0.6) is 0 Å². The minimum absolute atomic E-state index is 0.228. The van der Waals surface area contributed by atoms with Crippen LogP contribution >= 0.6 is 11.3 Å². The summed E-state index contributed by atoms with van der Waals surface area (Å²) < 4.78 is 27.2. The Morgan fingerprint density at radius 1 is 1.26 bits per heavy atom. The Bertz CT molecular complexity index is 945. The van der Waals surface area contributed by atoms with Gasteiger partial charge in [0.05, 0.1) is 5.39 Å². The highest BCUT2D eigenvalue weighted by Crippen LogP contribution is 2.20. The normalized spacial score (nSPS) is 10.9. The Kier molecular flexibility index (Phi) is 3.91. The fraction of sp³-hybridized carbons (Fsp3) is 0.133. The smallest absolute Gasteiger partial charge is 0.267 e. The maximum atomic E-state index is 13.2. The standard InChI is InChI=1S/C15H11F2N3O2S/c1-2-11-6-12-14(23-11)18-7-20(15(12)22)19-13(21)8-3-9(16)5-10(17)4-8/h3-7H,2H2,1H3,(H,19,21). The van der Waals surface area contributed by atoms with Crippen LogP contribution in [0.3, 0.4) is 0 Å². The van der Waals surface area contributed by atoms with Crippen molar-refractivity contribution in [3.05, 3.63) is 63.0 Å². The van der Waals surface area contributed by atoms with Crippen LogP contribution in [0.2, 0.25) is 0 Å². The molecule has 0 radical (unpaired) electrons. The lowest BCUT2D eigenvalue weighted by molar-refractivity contribution is 0.101. The molecule has 0 atom stereocenters. The van der Waals surface area contributed by atoms with E-state index in [2.05, 4.69) is 10.4 Å². The summed E-state index contributed by atoms with van der Waals surface area (Å²) in [6, 6.07) is 4.15. The highest BCUT2D eigenvalue weighted by Gasteiger charge is 2.13. The number of carbonyl (C=O) groups excluding carboxylic acids is 1. The van der Waals surface area contributed by atoms with Gasteiger partial charge in [-0.15, -0.1) is 11.3 Å². The predicted octanol–water partition coefficient (Wildman–Crippen LogP) is 2.68. The first kappa shape index (κ1) is 15.3. The molecule has 0 bridgehead atoms. The van der Waals surface area contributed by atoms with Crippen molar-refractivity contribution in [2.45, 2.75) is 13.3 Å². The first-order valence-electron chi connectivity index (χ1n) is 6.75. The van der Waals surface area contributed by atoms with Crippen LogP contribution in [0, 0.1) is 11.6 Å². The molecule has 3 aromatic rings. The maximum Gasteiger partial charge on any atom is 0.280 e. The number of aromatic nitrogens is 2. The topological polar surface area (TPSA) is 64.0 Å². The van der Waals surface area contributed by atoms with Gasteiger partial charge in [-0.1, -0.05) is 6.92 Å². The molecule has 0 saturated heterocycles. The molecule has 23 heavy (non-hydrogen) atoms. The third kappa shape index (κ3) is 2.98. The largest absolute Gasteiger partial charge is 0.280 e. The summed E-state index contributed by atoms with van der Waals surface area (Å²) in [7, 11) is 0. The van der Waals surface area contributed by atoms with Crippen molar-refractivity contribution < 1.29 is 13.6 Å². The summed E-state index contributed by atoms with van der Waals surface area (Å²) in [5.41, 5.74) is 1.60. The molecule has 0 saturated carbocycles. The van der Waals surface area contributed by atoms with E-state index in [-0.39, 0.29) is 5.56 Å². The minimum Gasteiger partial charge on any atom is -0.267 e. The lowest BCUT2D eigenvalue weighted by atomic mass is 10.2. The van der Waals surface area contributed by atoms with Gasteiger partial charge in [-0.2, -0.15) is 0 Å². The van der Waals surface area contributed by atoms with Crippen molar-refractivity contribution in [1.82, 2.24) is 9.66 Å². The van der Waals surface area contributed by atoms with E-state index in [9.17, 15) is 18.4 Å². The number of nitrogens with zero attached hydrogens (tertiary/aromatic N) is 2. The molecule has 0 aliphatic carbocycles. The summed E-state index contributed by atoms with van der Waals surface area (Å²) >= 11 is 1.40. The molecule has 1 amide bonds. The van der Waals surface area contributed by atoms with E-state index in [1.54, 1.807) is 6.07 Å². The van der Waals surface area contributed by atoms with Gasteiger partial charge in [0.15, 0.2) is 0 Å². The third-order valence-corrected chi connectivity index (χ3v) is 4.39. The number of hydrogen-bond acceptors (Lipinski definition) is 4. The molecule has 2 heterocycles. The van der Waals surface area contributed by atoms with E-state index in [1.807, 2.05) is 6.92 Å². The molecule has 0 spiro atoms. The van der Waals surface area contributed by atoms with Gasteiger partial charge >= 0.3 is 0 Å². The second-order valence-corrected chi connectivity index (χ2v) is 5.92. The first-order chi connectivity index (χ1) is 11.0. The lowest BCUT2D eigenvalue weighted by Gasteiger charge is -2.07. The molecular weight excluding hydrogens is 324 g/mol. The Labute approximate surface area is 133 Å². The number of amides is 1. The average Bonchev–Trinajstić information content (AvgIpc) is 2.93. The van der Waals surface area contributed by atoms with Crippen LogP contribution in [0.1, 0.15) is 22.2 Å². The molecule has 0 aliphatic rings. The SMILES string of the molecule is CCc1cc2c(=O)n(NC(=O)c3cc(F)cc(F)c3)cnc2s1. The fourth-order valence-electron chi connectivity index (χ4n) is 2.09. The molecule has 1 N–H and O–H groups in total. The van der Waals surface area contributed by atoms with Crippen molar-refractivity contribution in [1.29, 1.82) is 0 Å². The van der Waals surface area contributed by atoms with E-state index in [1.165, 1.54) is 17.7 Å². The van der Waals surface area contributed by atoms with Crippen LogP contribution in [-0.4, -0.2) is 15.6 Å². The Hall–Kier alpha value is -2.61. The zero-order valence-corrected chi connectivity index (χ0v) is 12.8. The van der Waals surface area contributed by atoms with Crippen LogP contribution in [0.25, 0.3) is 10.2 Å². The van der Waals surface area contributed by atoms with Crippen LogP contribution in [-0.2, 0) is 6.42 Å². The van der Waals surface area contributed by atoms with Crippen LogP contribution in [0.4, 0.5) is 8.78 Å². The van der Waals surface area contributed by atoms with Crippen molar-refractivity contribution in [3.8, 4) is 0 Å². The highest BCUT2D eigenvalue weighted by atomic mass is 32.1. The molecule has 3 rings (SSSR count). The van der Waals surface area contributed by atoms with Gasteiger partial charge in [-0.3, -0.25) is 15.0 Å². The summed E-state index contributed by atoms with van der Waals surface area (Å²) in [4.78, 5) is 30.1. The zero-order chi connectivity index (χ0) is 16.6. The second kappa shape index (κ2) is 5.88. The van der Waals surface area contributed by atoms with E-state index >= 15 is 0 Å². The average molecular weight is 335 g/mol. The Morgan fingerprint density at radius 3 is 2.61 bits per heavy atom. The number of benzene rings is 1. The van der Waals surface area contributed by atoms with Crippen molar-refractivity contribution in [3.63, 3.8) is 0 Å². The number of aryl methyl sites for hydroxylation is 1. The molecule has 0 fully saturated rings. The van der Waals surface area contributed by atoms with Gasteiger partial charge in [0.25, 0.3) is 11.5 Å². The molecule has 0 aliphatic heterocycles. The van der Waals surface area contributed by atoms with Gasteiger partial charge < -0.3 is 0 Å². The Morgan fingerprint density at radius 2 is 1.96 bits per heavy atom. The van der Waals surface area contributed by atoms with Crippen LogP contribution in [0.15, 0.2) is 35.4 Å². The van der Waals surface area contributed by atoms with Gasteiger partial charge in [-0.05, 0) is 24.6 Å². The number of thiophene rings is 1. The number of hydrogen-bond donors (Lipinski definition) is 1. The quantitative estimate of drug-likeness (QED) is 0.800. The molecule has 8 heteroatoms. The lowest BCUT2D eigenvalue weighted by Crippen LogP contribution is -2.33. The minimum atomic E-state index is -0.874. The van der Waals surface area contributed by atoms with Gasteiger partial charge in [0.2, 0.25) is 0 Å². The fourth-order valence-corrected chi connectivity index (χ4v) is 3.01. The number of fused-ring (bicyclic) bond motifs is 1. The third-order valence-electron chi connectivity index (χ3n) is 3.20.